The molecule has 3 unspecified atom stereocenters. The number of carbonyl (C=O) groups is 1. The van der Waals surface area contributed by atoms with Crippen LogP contribution in [-0.4, -0.2) is 34.4 Å². The monoisotopic (exact) mass is 379 g/mol. The highest BCUT2D eigenvalue weighted by Crippen LogP contribution is 2.35. The quantitative estimate of drug-likeness (QED) is 0.853. The summed E-state index contributed by atoms with van der Waals surface area (Å²) in [6.45, 7) is 3.75. The summed E-state index contributed by atoms with van der Waals surface area (Å²) in [6.07, 6.45) is 8.27. The summed E-state index contributed by atoms with van der Waals surface area (Å²) in [5, 5.41) is 3.19. The summed E-state index contributed by atoms with van der Waals surface area (Å²) in [4.78, 5) is 19.4. The van der Waals surface area contributed by atoms with Crippen LogP contribution in [0.1, 0.15) is 56.4 Å². The van der Waals surface area contributed by atoms with Crippen LogP contribution in [0.3, 0.4) is 0 Å². The molecule has 0 bridgehead atoms. The number of hydrogen-bond donors (Lipinski definition) is 1. The van der Waals surface area contributed by atoms with Crippen molar-refractivity contribution < 1.29 is 4.79 Å². The van der Waals surface area contributed by atoms with E-state index in [0.29, 0.717) is 5.92 Å². The van der Waals surface area contributed by atoms with Crippen molar-refractivity contribution in [3.8, 4) is 0 Å². The second-order valence-corrected chi connectivity index (χ2v) is 7.72. The largest absolute Gasteiger partial charge is 0.342 e. The van der Waals surface area contributed by atoms with Gasteiger partial charge in [0.05, 0.1) is 10.9 Å². The minimum Gasteiger partial charge on any atom is -0.342 e. The van der Waals surface area contributed by atoms with E-state index in [4.69, 9.17) is 5.73 Å². The summed E-state index contributed by atoms with van der Waals surface area (Å²) >= 11 is 1.70. The van der Waals surface area contributed by atoms with Crippen molar-refractivity contribution in [1.29, 1.82) is 0 Å². The molecule has 1 amide bonds. The number of carbonyl (C=O) groups excluding carboxylic acids is 1. The molecule has 2 fully saturated rings. The second-order valence-electron chi connectivity index (χ2n) is 6.80. The molecule has 2 heterocycles. The molecule has 1 aliphatic carbocycles. The van der Waals surface area contributed by atoms with Gasteiger partial charge in [-0.15, -0.1) is 36.2 Å². The van der Waals surface area contributed by atoms with Gasteiger partial charge in [0.1, 0.15) is 0 Å². The Balaban J connectivity index is 0.00000132. The highest BCUT2D eigenvalue weighted by molar-refractivity contribution is 7.09. The van der Waals surface area contributed by atoms with Gasteiger partial charge in [-0.05, 0) is 32.6 Å². The molecule has 1 aliphatic heterocycles. The van der Waals surface area contributed by atoms with Gasteiger partial charge in [-0.2, -0.15) is 0 Å². The molecule has 23 heavy (non-hydrogen) atoms. The van der Waals surface area contributed by atoms with E-state index in [-0.39, 0.29) is 42.2 Å². The zero-order valence-electron chi connectivity index (χ0n) is 13.6. The fourth-order valence-corrected chi connectivity index (χ4v) is 4.57. The van der Waals surface area contributed by atoms with E-state index in [2.05, 4.69) is 16.8 Å². The Morgan fingerprint density at radius 1 is 1.35 bits per heavy atom. The zero-order valence-corrected chi connectivity index (χ0v) is 16.0. The molecule has 3 rings (SSSR count). The topological polar surface area (TPSA) is 59.2 Å². The first-order valence-corrected chi connectivity index (χ1v) is 8.93. The third kappa shape index (κ3) is 4.59. The molecule has 0 radical (unpaired) electrons. The van der Waals surface area contributed by atoms with Crippen LogP contribution in [0.15, 0.2) is 11.6 Å². The van der Waals surface area contributed by atoms with Crippen LogP contribution in [0.5, 0.6) is 0 Å². The first-order valence-electron chi connectivity index (χ1n) is 8.05. The lowest BCUT2D eigenvalue weighted by molar-refractivity contribution is -0.140. The molecule has 1 aromatic rings. The molecule has 1 aromatic heterocycles. The number of halogens is 2. The Bertz CT molecular complexity index is 496. The van der Waals surface area contributed by atoms with Gasteiger partial charge in [-0.1, -0.05) is 12.8 Å². The van der Waals surface area contributed by atoms with E-state index in [9.17, 15) is 4.79 Å². The molecule has 1 saturated carbocycles. The number of piperidine rings is 1. The number of amides is 1. The fourth-order valence-electron chi connectivity index (χ4n) is 3.80. The Hall–Kier alpha value is -0.360. The average molecular weight is 380 g/mol. The lowest BCUT2D eigenvalue weighted by Gasteiger charge is -2.42. The fraction of sp³-hybridized carbons (Fsp3) is 0.750. The number of thiazole rings is 1. The minimum absolute atomic E-state index is 0. The van der Waals surface area contributed by atoms with Crippen LogP contribution in [0.4, 0.5) is 0 Å². The molecule has 4 nitrogen and oxygen atoms in total. The summed E-state index contributed by atoms with van der Waals surface area (Å²) < 4.78 is 0. The Morgan fingerprint density at radius 3 is 2.78 bits per heavy atom. The maximum atomic E-state index is 12.9. The summed E-state index contributed by atoms with van der Waals surface area (Å²) in [5.74, 6) is 0.692. The lowest BCUT2D eigenvalue weighted by atomic mass is 9.73. The molecular formula is C16H27Cl2N3OS. The van der Waals surface area contributed by atoms with Crippen molar-refractivity contribution in [3.63, 3.8) is 0 Å². The number of aromatic nitrogens is 1. The predicted molar refractivity (Wildman–Crippen MR) is 99.7 cm³/mol. The van der Waals surface area contributed by atoms with Crippen LogP contribution >= 0.6 is 36.2 Å². The van der Waals surface area contributed by atoms with E-state index in [0.717, 1.165) is 51.6 Å². The maximum absolute atomic E-state index is 12.9. The zero-order chi connectivity index (χ0) is 14.9. The summed E-state index contributed by atoms with van der Waals surface area (Å²) in [5.41, 5.74) is 6.07. The molecule has 2 aliphatic rings. The highest BCUT2D eigenvalue weighted by Gasteiger charge is 2.40. The van der Waals surface area contributed by atoms with Crippen molar-refractivity contribution in [2.24, 2.45) is 11.7 Å². The smallest absolute Gasteiger partial charge is 0.227 e. The van der Waals surface area contributed by atoms with Gasteiger partial charge < -0.3 is 10.6 Å². The molecule has 0 spiro atoms. The van der Waals surface area contributed by atoms with Crippen LogP contribution in [0, 0.1) is 5.92 Å². The van der Waals surface area contributed by atoms with Crippen LogP contribution in [0.2, 0.25) is 0 Å². The molecule has 3 atom stereocenters. The summed E-state index contributed by atoms with van der Waals surface area (Å²) in [6, 6.07) is 0. The van der Waals surface area contributed by atoms with Gasteiger partial charge in [-0.25, -0.2) is 4.98 Å². The maximum Gasteiger partial charge on any atom is 0.227 e. The van der Waals surface area contributed by atoms with Crippen molar-refractivity contribution >= 4 is 42.1 Å². The molecule has 0 aromatic carbocycles. The van der Waals surface area contributed by atoms with E-state index in [1.54, 1.807) is 11.3 Å². The predicted octanol–water partition coefficient (Wildman–Crippen LogP) is 3.60. The number of nitrogens with two attached hydrogens (primary N) is 1. The highest BCUT2D eigenvalue weighted by atomic mass is 35.5. The van der Waals surface area contributed by atoms with Crippen molar-refractivity contribution in [3.05, 3.63) is 16.6 Å². The SMILES string of the molecule is CC1(N)CCCCC1C(=O)N1CCCC(c2nccs2)C1.Cl.Cl. The molecule has 132 valence electrons. The van der Waals surface area contributed by atoms with Crippen LogP contribution in [-0.2, 0) is 4.79 Å². The van der Waals surface area contributed by atoms with Crippen molar-refractivity contribution in [2.75, 3.05) is 13.1 Å². The Kier molecular flexibility index (Phi) is 7.78. The molecule has 7 heteroatoms. The van der Waals surface area contributed by atoms with Gasteiger partial charge >= 0.3 is 0 Å². The van der Waals surface area contributed by atoms with E-state index in [1.807, 2.05) is 11.6 Å². The van der Waals surface area contributed by atoms with Gasteiger partial charge in [0.15, 0.2) is 0 Å². The third-order valence-electron chi connectivity index (χ3n) is 5.09. The van der Waals surface area contributed by atoms with E-state index < -0.39 is 0 Å². The van der Waals surface area contributed by atoms with Gasteiger partial charge in [0, 0.05) is 36.1 Å². The van der Waals surface area contributed by atoms with Crippen LogP contribution in [0.25, 0.3) is 0 Å². The first-order chi connectivity index (χ1) is 10.1. The normalized spacial score (nSPS) is 31.0. The van der Waals surface area contributed by atoms with Crippen LogP contribution < -0.4 is 5.73 Å². The molecule has 2 N–H and O–H groups in total. The second kappa shape index (κ2) is 8.65. The standard InChI is InChI=1S/C16H25N3OS.2ClH/c1-16(17)7-3-2-6-13(16)15(20)19-9-4-5-12(11-19)14-18-8-10-21-14;;/h8,10,12-13H,2-7,9,11,17H2,1H3;2*1H. The number of nitrogens with zero attached hydrogens (tertiary/aromatic N) is 2. The minimum atomic E-state index is -0.330. The first kappa shape index (κ1) is 20.7. The average Bonchev–Trinajstić information content (AvgIpc) is 3.00. The number of hydrogen-bond acceptors (Lipinski definition) is 4. The van der Waals surface area contributed by atoms with Gasteiger partial charge in [0.2, 0.25) is 5.91 Å². The van der Waals surface area contributed by atoms with E-state index in [1.165, 1.54) is 5.01 Å². The lowest BCUT2D eigenvalue weighted by Crippen LogP contribution is -2.55. The number of likely N-dealkylation sites (tertiary alicyclic amines) is 1. The Morgan fingerprint density at radius 2 is 2.13 bits per heavy atom. The van der Waals surface area contributed by atoms with Crippen molar-refractivity contribution in [2.45, 2.75) is 56.9 Å². The van der Waals surface area contributed by atoms with Crippen molar-refractivity contribution in [1.82, 2.24) is 9.88 Å². The Labute approximate surface area is 155 Å². The molecular weight excluding hydrogens is 353 g/mol. The van der Waals surface area contributed by atoms with E-state index >= 15 is 0 Å². The molecule has 1 saturated heterocycles. The third-order valence-corrected chi connectivity index (χ3v) is 6.02. The van der Waals surface area contributed by atoms with Gasteiger partial charge in [-0.3, -0.25) is 4.79 Å². The number of rotatable bonds is 2. The van der Waals surface area contributed by atoms with Gasteiger partial charge in [0.25, 0.3) is 0 Å². The summed E-state index contributed by atoms with van der Waals surface area (Å²) in [7, 11) is 0.